The SMILES string of the molecule is [CH2]/C=C(/C)c1cc2ccccc2[nH]1. The van der Waals surface area contributed by atoms with Crippen LogP contribution in [0, 0.1) is 6.92 Å². The van der Waals surface area contributed by atoms with Crippen LogP contribution in [0.4, 0.5) is 0 Å². The van der Waals surface area contributed by atoms with Crippen molar-refractivity contribution in [3.63, 3.8) is 0 Å². The quantitative estimate of drug-likeness (QED) is 0.675. The Hall–Kier alpha value is -1.50. The summed E-state index contributed by atoms with van der Waals surface area (Å²) in [6.07, 6.45) is 1.87. The third-order valence-corrected chi connectivity index (χ3v) is 2.26. The molecule has 0 aliphatic rings. The van der Waals surface area contributed by atoms with Crippen molar-refractivity contribution in [3.05, 3.63) is 49.0 Å². The molecule has 0 amide bonds. The van der Waals surface area contributed by atoms with Crippen LogP contribution in [0.5, 0.6) is 0 Å². The summed E-state index contributed by atoms with van der Waals surface area (Å²) < 4.78 is 0. The number of hydrogen-bond donors (Lipinski definition) is 1. The maximum Gasteiger partial charge on any atom is 0.0458 e. The van der Waals surface area contributed by atoms with Gasteiger partial charge in [0.05, 0.1) is 0 Å². The highest BCUT2D eigenvalue weighted by Crippen LogP contribution is 2.19. The van der Waals surface area contributed by atoms with Crippen LogP contribution in [0.25, 0.3) is 16.5 Å². The van der Waals surface area contributed by atoms with Gasteiger partial charge in [0.15, 0.2) is 0 Å². The number of benzene rings is 1. The number of aromatic amines is 1. The molecule has 1 aromatic heterocycles. The number of rotatable bonds is 1. The molecule has 1 nitrogen and oxygen atoms in total. The maximum atomic E-state index is 3.75. The molecule has 2 rings (SSSR count). The van der Waals surface area contributed by atoms with Gasteiger partial charge in [-0.2, -0.15) is 0 Å². The van der Waals surface area contributed by atoms with Gasteiger partial charge in [0.1, 0.15) is 0 Å². The molecule has 0 atom stereocenters. The van der Waals surface area contributed by atoms with Crippen molar-refractivity contribution in [1.82, 2.24) is 4.98 Å². The molecule has 65 valence electrons. The molecule has 0 bridgehead atoms. The fourth-order valence-electron chi connectivity index (χ4n) is 1.40. The second-order valence-corrected chi connectivity index (χ2v) is 3.16. The first-order valence-corrected chi connectivity index (χ1v) is 4.35. The van der Waals surface area contributed by atoms with Crippen LogP contribution in [0.15, 0.2) is 36.4 Å². The molecule has 1 aromatic carbocycles. The Morgan fingerprint density at radius 3 is 2.85 bits per heavy atom. The number of allylic oxidation sites excluding steroid dienone is 2. The molecule has 0 fully saturated rings. The molecule has 0 saturated heterocycles. The minimum absolute atomic E-state index is 1.15. The number of para-hydroxylation sites is 1. The largest absolute Gasteiger partial charge is 0.355 e. The van der Waals surface area contributed by atoms with Gasteiger partial charge in [-0.25, -0.2) is 0 Å². The predicted octanol–water partition coefficient (Wildman–Crippen LogP) is 3.41. The topological polar surface area (TPSA) is 15.8 Å². The van der Waals surface area contributed by atoms with Crippen molar-refractivity contribution in [2.75, 3.05) is 0 Å². The standard InChI is InChI=1S/C12H12N/c1-3-9(2)12-8-10-6-4-5-7-11(10)13-12/h3-8,13H,1H2,2H3/b9-3-. The first-order valence-electron chi connectivity index (χ1n) is 4.35. The number of aromatic nitrogens is 1. The van der Waals surface area contributed by atoms with E-state index in [0.29, 0.717) is 0 Å². The van der Waals surface area contributed by atoms with E-state index in [-0.39, 0.29) is 0 Å². The van der Waals surface area contributed by atoms with E-state index < -0.39 is 0 Å². The maximum absolute atomic E-state index is 3.75. The number of nitrogens with one attached hydrogen (secondary N) is 1. The minimum Gasteiger partial charge on any atom is -0.355 e. The van der Waals surface area contributed by atoms with Crippen molar-refractivity contribution >= 4 is 16.5 Å². The van der Waals surface area contributed by atoms with Gasteiger partial charge >= 0.3 is 0 Å². The van der Waals surface area contributed by atoms with E-state index in [1.807, 2.05) is 18.2 Å². The molecule has 0 saturated carbocycles. The molecule has 1 N–H and O–H groups in total. The monoisotopic (exact) mass is 170 g/mol. The zero-order valence-corrected chi connectivity index (χ0v) is 7.67. The second-order valence-electron chi connectivity index (χ2n) is 3.16. The number of fused-ring (bicyclic) bond motifs is 1. The Labute approximate surface area is 78.1 Å². The summed E-state index contributed by atoms with van der Waals surface area (Å²) in [6.45, 7) is 5.80. The summed E-state index contributed by atoms with van der Waals surface area (Å²) >= 11 is 0. The Bertz CT molecular complexity index is 416. The van der Waals surface area contributed by atoms with Crippen LogP contribution < -0.4 is 0 Å². The van der Waals surface area contributed by atoms with Gasteiger partial charge in [0.2, 0.25) is 0 Å². The summed E-state index contributed by atoms with van der Waals surface area (Å²) in [4.78, 5) is 3.34. The van der Waals surface area contributed by atoms with Gasteiger partial charge in [0, 0.05) is 11.2 Å². The van der Waals surface area contributed by atoms with Crippen molar-refractivity contribution < 1.29 is 0 Å². The van der Waals surface area contributed by atoms with Gasteiger partial charge in [-0.1, -0.05) is 24.3 Å². The molecule has 0 spiro atoms. The van der Waals surface area contributed by atoms with Gasteiger partial charge in [-0.15, -0.1) is 0 Å². The molecule has 0 aliphatic carbocycles. The molecule has 0 aliphatic heterocycles. The highest BCUT2D eigenvalue weighted by atomic mass is 14.7. The fraction of sp³-hybridized carbons (Fsp3) is 0.0833. The van der Waals surface area contributed by atoms with Crippen molar-refractivity contribution in [2.45, 2.75) is 6.92 Å². The van der Waals surface area contributed by atoms with E-state index in [1.54, 1.807) is 0 Å². The Morgan fingerprint density at radius 2 is 2.15 bits per heavy atom. The zero-order valence-electron chi connectivity index (χ0n) is 7.67. The third-order valence-electron chi connectivity index (χ3n) is 2.26. The summed E-state index contributed by atoms with van der Waals surface area (Å²) in [7, 11) is 0. The van der Waals surface area contributed by atoms with Crippen molar-refractivity contribution in [2.24, 2.45) is 0 Å². The number of hydrogen-bond acceptors (Lipinski definition) is 0. The Balaban J connectivity index is 2.62. The van der Waals surface area contributed by atoms with E-state index in [0.717, 1.165) is 5.69 Å². The van der Waals surface area contributed by atoms with Crippen LogP contribution in [-0.2, 0) is 0 Å². The van der Waals surface area contributed by atoms with Crippen LogP contribution in [-0.4, -0.2) is 4.98 Å². The second kappa shape index (κ2) is 3.09. The molecule has 1 radical (unpaired) electrons. The average molecular weight is 170 g/mol. The van der Waals surface area contributed by atoms with E-state index in [1.165, 1.54) is 16.5 Å². The molecular formula is C12H12N. The van der Waals surface area contributed by atoms with Crippen LogP contribution in [0.2, 0.25) is 0 Å². The lowest BCUT2D eigenvalue weighted by Crippen LogP contribution is -1.75. The molecule has 0 unspecified atom stereocenters. The molecular weight excluding hydrogens is 158 g/mol. The van der Waals surface area contributed by atoms with Gasteiger partial charge in [-0.05, 0) is 36.9 Å². The van der Waals surface area contributed by atoms with Gasteiger partial charge in [0.25, 0.3) is 0 Å². The first-order chi connectivity index (χ1) is 6.31. The van der Waals surface area contributed by atoms with Crippen LogP contribution in [0.3, 0.4) is 0 Å². The Kier molecular flexibility index (Phi) is 1.93. The van der Waals surface area contributed by atoms with E-state index in [9.17, 15) is 0 Å². The van der Waals surface area contributed by atoms with E-state index in [4.69, 9.17) is 0 Å². The molecule has 13 heavy (non-hydrogen) atoms. The first kappa shape index (κ1) is 8.11. The highest BCUT2D eigenvalue weighted by Gasteiger charge is 1.99. The molecule has 2 aromatic rings. The van der Waals surface area contributed by atoms with Crippen molar-refractivity contribution in [3.8, 4) is 0 Å². The third kappa shape index (κ3) is 1.37. The zero-order chi connectivity index (χ0) is 9.26. The normalized spacial score (nSPS) is 12.3. The van der Waals surface area contributed by atoms with Gasteiger partial charge < -0.3 is 4.98 Å². The Morgan fingerprint density at radius 1 is 1.38 bits per heavy atom. The van der Waals surface area contributed by atoms with E-state index in [2.05, 4.69) is 37.0 Å². The lowest BCUT2D eigenvalue weighted by molar-refractivity contribution is 1.38. The summed E-state index contributed by atoms with van der Waals surface area (Å²) in [5, 5.41) is 1.25. The summed E-state index contributed by atoms with van der Waals surface area (Å²) in [5.74, 6) is 0. The lowest BCUT2D eigenvalue weighted by atomic mass is 10.2. The average Bonchev–Trinajstić information content (AvgIpc) is 2.59. The smallest absolute Gasteiger partial charge is 0.0458 e. The highest BCUT2D eigenvalue weighted by molar-refractivity contribution is 5.84. The minimum atomic E-state index is 1.15. The molecule has 1 heteroatoms. The summed E-state index contributed by atoms with van der Waals surface area (Å²) in [5.41, 5.74) is 3.51. The fourth-order valence-corrected chi connectivity index (χ4v) is 1.40. The number of H-pyrrole nitrogens is 1. The van der Waals surface area contributed by atoms with Crippen LogP contribution >= 0.6 is 0 Å². The van der Waals surface area contributed by atoms with E-state index >= 15 is 0 Å². The molecule has 1 heterocycles. The summed E-state index contributed by atoms with van der Waals surface area (Å²) in [6, 6.07) is 10.4. The van der Waals surface area contributed by atoms with Gasteiger partial charge in [-0.3, -0.25) is 0 Å². The van der Waals surface area contributed by atoms with Crippen LogP contribution in [0.1, 0.15) is 12.6 Å². The lowest BCUT2D eigenvalue weighted by Gasteiger charge is -1.92. The predicted molar refractivity (Wildman–Crippen MR) is 57.3 cm³/mol. The van der Waals surface area contributed by atoms with Crippen molar-refractivity contribution in [1.29, 1.82) is 0 Å².